The molecule has 2 atom stereocenters. The number of methoxy groups -OCH3 is 1. The molecule has 72 valence electrons. The van der Waals surface area contributed by atoms with Gasteiger partial charge in [0.1, 0.15) is 0 Å². The molecule has 2 unspecified atom stereocenters. The van der Waals surface area contributed by atoms with Crippen molar-refractivity contribution in [3.05, 3.63) is 0 Å². The third-order valence-electron chi connectivity index (χ3n) is 2.82. The molecular weight excluding hydrogens is 152 g/mol. The van der Waals surface area contributed by atoms with Crippen molar-refractivity contribution in [3.8, 4) is 0 Å². The van der Waals surface area contributed by atoms with Gasteiger partial charge in [0.2, 0.25) is 0 Å². The molecule has 0 saturated heterocycles. The van der Waals surface area contributed by atoms with Gasteiger partial charge in [-0.25, -0.2) is 0 Å². The molecule has 0 aromatic rings. The summed E-state index contributed by atoms with van der Waals surface area (Å²) >= 11 is 0. The minimum atomic E-state index is -0.363. The van der Waals surface area contributed by atoms with Gasteiger partial charge in [0, 0.05) is 13.7 Å². The highest BCUT2D eigenvalue weighted by atomic mass is 16.5. The maximum absolute atomic E-state index is 10.0. The Morgan fingerprint density at radius 2 is 2.33 bits per heavy atom. The monoisotopic (exact) mass is 172 g/mol. The van der Waals surface area contributed by atoms with Crippen molar-refractivity contribution in [2.24, 2.45) is 5.92 Å². The van der Waals surface area contributed by atoms with Gasteiger partial charge in [0.15, 0.2) is 0 Å². The molecule has 2 nitrogen and oxygen atoms in total. The molecular formula is C10H20O2. The van der Waals surface area contributed by atoms with Crippen LogP contribution in [0.5, 0.6) is 0 Å². The SMILES string of the molecule is COCCCC1(O)CCC(C)C1. The number of hydrogen-bond donors (Lipinski definition) is 1. The Balaban J connectivity index is 2.21. The second-order valence-corrected chi connectivity index (χ2v) is 4.17. The minimum Gasteiger partial charge on any atom is -0.390 e. The molecule has 1 saturated carbocycles. The maximum Gasteiger partial charge on any atom is 0.0651 e. The van der Waals surface area contributed by atoms with E-state index in [0.29, 0.717) is 5.92 Å². The molecule has 0 radical (unpaired) electrons. The van der Waals surface area contributed by atoms with Crippen LogP contribution in [0.25, 0.3) is 0 Å². The number of rotatable bonds is 4. The molecule has 0 aromatic carbocycles. The molecule has 0 amide bonds. The van der Waals surface area contributed by atoms with Crippen LogP contribution in [0.15, 0.2) is 0 Å². The van der Waals surface area contributed by atoms with Crippen LogP contribution in [-0.2, 0) is 4.74 Å². The Bertz CT molecular complexity index is 136. The van der Waals surface area contributed by atoms with Crippen LogP contribution in [0.4, 0.5) is 0 Å². The lowest BCUT2D eigenvalue weighted by Crippen LogP contribution is -2.24. The predicted octanol–water partition coefficient (Wildman–Crippen LogP) is 1.96. The summed E-state index contributed by atoms with van der Waals surface area (Å²) in [7, 11) is 1.71. The van der Waals surface area contributed by atoms with Crippen molar-refractivity contribution >= 4 is 0 Å². The third kappa shape index (κ3) is 2.76. The van der Waals surface area contributed by atoms with E-state index in [1.165, 1.54) is 6.42 Å². The first kappa shape index (κ1) is 10.0. The van der Waals surface area contributed by atoms with Gasteiger partial charge in [-0.15, -0.1) is 0 Å². The zero-order chi connectivity index (χ0) is 9.03. The third-order valence-corrected chi connectivity index (χ3v) is 2.82. The van der Waals surface area contributed by atoms with Gasteiger partial charge in [-0.05, 0) is 38.0 Å². The standard InChI is InChI=1S/C10H20O2/c1-9-4-6-10(11,8-9)5-3-7-12-2/h9,11H,3-8H2,1-2H3. The van der Waals surface area contributed by atoms with Crippen LogP contribution < -0.4 is 0 Å². The summed E-state index contributed by atoms with van der Waals surface area (Å²) in [5.74, 6) is 0.706. The molecule has 0 aromatic heterocycles. The molecule has 0 heterocycles. The Labute approximate surface area is 74.9 Å². The Morgan fingerprint density at radius 3 is 2.83 bits per heavy atom. The van der Waals surface area contributed by atoms with Crippen LogP contribution in [-0.4, -0.2) is 24.4 Å². The summed E-state index contributed by atoms with van der Waals surface area (Å²) in [4.78, 5) is 0. The van der Waals surface area contributed by atoms with E-state index in [4.69, 9.17) is 4.74 Å². The summed E-state index contributed by atoms with van der Waals surface area (Å²) in [6, 6.07) is 0. The normalized spacial score (nSPS) is 35.8. The smallest absolute Gasteiger partial charge is 0.0651 e. The molecule has 1 aliphatic rings. The van der Waals surface area contributed by atoms with Crippen LogP contribution in [0.2, 0.25) is 0 Å². The molecule has 0 spiro atoms. The maximum atomic E-state index is 10.0. The summed E-state index contributed by atoms with van der Waals surface area (Å²) in [6.45, 7) is 2.99. The van der Waals surface area contributed by atoms with E-state index in [2.05, 4.69) is 6.92 Å². The van der Waals surface area contributed by atoms with Gasteiger partial charge >= 0.3 is 0 Å². The molecule has 1 fully saturated rings. The first-order chi connectivity index (χ1) is 5.66. The van der Waals surface area contributed by atoms with E-state index in [1.54, 1.807) is 7.11 Å². The van der Waals surface area contributed by atoms with E-state index in [1.807, 2.05) is 0 Å². The first-order valence-corrected chi connectivity index (χ1v) is 4.88. The Hall–Kier alpha value is -0.0800. The molecule has 0 bridgehead atoms. The fourth-order valence-corrected chi connectivity index (χ4v) is 2.14. The van der Waals surface area contributed by atoms with Crippen molar-refractivity contribution in [1.82, 2.24) is 0 Å². The lowest BCUT2D eigenvalue weighted by atomic mass is 9.95. The van der Waals surface area contributed by atoms with E-state index in [0.717, 1.165) is 32.3 Å². The van der Waals surface area contributed by atoms with Gasteiger partial charge in [-0.2, -0.15) is 0 Å². The summed E-state index contributed by atoms with van der Waals surface area (Å²) in [5, 5.41) is 10.0. The molecule has 1 aliphatic carbocycles. The lowest BCUT2D eigenvalue weighted by molar-refractivity contribution is 0.0263. The van der Waals surface area contributed by atoms with Gasteiger partial charge in [0.25, 0.3) is 0 Å². The van der Waals surface area contributed by atoms with Gasteiger partial charge in [-0.3, -0.25) is 0 Å². The highest BCUT2D eigenvalue weighted by molar-refractivity contribution is 4.87. The van der Waals surface area contributed by atoms with Gasteiger partial charge in [0.05, 0.1) is 5.60 Å². The molecule has 12 heavy (non-hydrogen) atoms. The lowest BCUT2D eigenvalue weighted by Gasteiger charge is -2.21. The molecule has 1 rings (SSSR count). The zero-order valence-electron chi connectivity index (χ0n) is 8.18. The van der Waals surface area contributed by atoms with Crippen molar-refractivity contribution in [1.29, 1.82) is 0 Å². The first-order valence-electron chi connectivity index (χ1n) is 4.88. The van der Waals surface area contributed by atoms with Crippen LogP contribution in [0.1, 0.15) is 39.0 Å². The van der Waals surface area contributed by atoms with Crippen molar-refractivity contribution in [3.63, 3.8) is 0 Å². The second-order valence-electron chi connectivity index (χ2n) is 4.17. The van der Waals surface area contributed by atoms with Crippen LogP contribution in [0.3, 0.4) is 0 Å². The van der Waals surface area contributed by atoms with Gasteiger partial charge < -0.3 is 9.84 Å². The Morgan fingerprint density at radius 1 is 1.58 bits per heavy atom. The fourth-order valence-electron chi connectivity index (χ4n) is 2.14. The van der Waals surface area contributed by atoms with Crippen molar-refractivity contribution < 1.29 is 9.84 Å². The fraction of sp³-hybridized carbons (Fsp3) is 1.00. The quantitative estimate of drug-likeness (QED) is 0.657. The second kappa shape index (κ2) is 4.24. The summed E-state index contributed by atoms with van der Waals surface area (Å²) in [6.07, 6.45) is 5.04. The largest absolute Gasteiger partial charge is 0.390 e. The molecule has 2 heteroatoms. The summed E-state index contributed by atoms with van der Waals surface area (Å²) in [5.41, 5.74) is -0.363. The topological polar surface area (TPSA) is 29.5 Å². The molecule has 0 aliphatic heterocycles. The highest BCUT2D eigenvalue weighted by Crippen LogP contribution is 2.37. The summed E-state index contributed by atoms with van der Waals surface area (Å²) < 4.78 is 4.96. The van der Waals surface area contributed by atoms with E-state index < -0.39 is 0 Å². The van der Waals surface area contributed by atoms with E-state index in [-0.39, 0.29) is 5.60 Å². The van der Waals surface area contributed by atoms with Gasteiger partial charge in [-0.1, -0.05) is 6.92 Å². The number of hydrogen-bond acceptors (Lipinski definition) is 2. The van der Waals surface area contributed by atoms with Crippen LogP contribution in [0, 0.1) is 5.92 Å². The van der Waals surface area contributed by atoms with Crippen molar-refractivity contribution in [2.45, 2.75) is 44.6 Å². The average molecular weight is 172 g/mol. The average Bonchev–Trinajstić information content (AvgIpc) is 2.32. The predicted molar refractivity (Wildman–Crippen MR) is 49.1 cm³/mol. The number of aliphatic hydroxyl groups is 1. The number of ether oxygens (including phenoxy) is 1. The zero-order valence-corrected chi connectivity index (χ0v) is 8.18. The van der Waals surface area contributed by atoms with E-state index in [9.17, 15) is 5.11 Å². The Kier molecular flexibility index (Phi) is 3.53. The van der Waals surface area contributed by atoms with E-state index >= 15 is 0 Å². The van der Waals surface area contributed by atoms with Crippen molar-refractivity contribution in [2.75, 3.05) is 13.7 Å². The minimum absolute atomic E-state index is 0.363. The molecule has 1 N–H and O–H groups in total. The highest BCUT2D eigenvalue weighted by Gasteiger charge is 2.34. The van der Waals surface area contributed by atoms with Crippen LogP contribution >= 0.6 is 0 Å².